The zero-order valence-electron chi connectivity index (χ0n) is 15.5. The highest BCUT2D eigenvalue weighted by Crippen LogP contribution is 2.22. The number of anilines is 1. The quantitative estimate of drug-likeness (QED) is 0.624. The average Bonchev–Trinajstić information content (AvgIpc) is 2.78. The predicted octanol–water partition coefficient (Wildman–Crippen LogP) is 3.79. The molecule has 0 bridgehead atoms. The fourth-order valence-corrected chi connectivity index (χ4v) is 2.53. The van der Waals surface area contributed by atoms with Crippen LogP contribution in [0.2, 0.25) is 0 Å². The van der Waals surface area contributed by atoms with Crippen molar-refractivity contribution in [3.63, 3.8) is 0 Å². The molecule has 0 aliphatic carbocycles. The van der Waals surface area contributed by atoms with Gasteiger partial charge in [-0.2, -0.15) is 5.26 Å². The molecule has 3 aromatic rings. The van der Waals surface area contributed by atoms with Crippen LogP contribution in [0.5, 0.6) is 5.75 Å². The van der Waals surface area contributed by atoms with Gasteiger partial charge in [0.1, 0.15) is 5.75 Å². The van der Waals surface area contributed by atoms with Crippen LogP contribution >= 0.6 is 0 Å². The van der Waals surface area contributed by atoms with Gasteiger partial charge in [-0.3, -0.25) is 4.79 Å². The van der Waals surface area contributed by atoms with Crippen LogP contribution < -0.4 is 10.1 Å². The molecule has 0 aromatic heterocycles. The van der Waals surface area contributed by atoms with Crippen LogP contribution in [0.25, 0.3) is 11.1 Å². The van der Waals surface area contributed by atoms with Gasteiger partial charge in [0.15, 0.2) is 13.2 Å². The van der Waals surface area contributed by atoms with Gasteiger partial charge in [0.2, 0.25) is 0 Å². The second-order valence-electron chi connectivity index (χ2n) is 6.08. The van der Waals surface area contributed by atoms with Gasteiger partial charge in [-0.1, -0.05) is 42.5 Å². The smallest absolute Gasteiger partial charge is 0.344 e. The van der Waals surface area contributed by atoms with E-state index in [1.54, 1.807) is 36.4 Å². The van der Waals surface area contributed by atoms with Crippen LogP contribution in [0, 0.1) is 11.3 Å². The van der Waals surface area contributed by atoms with E-state index in [0.29, 0.717) is 17.0 Å². The topological polar surface area (TPSA) is 88.4 Å². The Morgan fingerprint density at radius 2 is 1.48 bits per heavy atom. The normalized spacial score (nSPS) is 9.90. The number of nitrogens with one attached hydrogen (secondary N) is 1. The number of carbonyl (C=O) groups is 2. The molecule has 0 spiro atoms. The van der Waals surface area contributed by atoms with Gasteiger partial charge in [-0.05, 0) is 47.5 Å². The van der Waals surface area contributed by atoms with Gasteiger partial charge >= 0.3 is 5.97 Å². The van der Waals surface area contributed by atoms with Gasteiger partial charge in [0, 0.05) is 5.69 Å². The van der Waals surface area contributed by atoms with Crippen molar-refractivity contribution in [2.45, 2.75) is 0 Å². The van der Waals surface area contributed by atoms with Crippen molar-refractivity contribution >= 4 is 17.6 Å². The molecule has 3 aromatic carbocycles. The minimum Gasteiger partial charge on any atom is -0.482 e. The number of benzene rings is 3. The van der Waals surface area contributed by atoms with Crippen molar-refractivity contribution in [1.82, 2.24) is 0 Å². The Morgan fingerprint density at radius 1 is 0.828 bits per heavy atom. The third-order valence-electron chi connectivity index (χ3n) is 3.98. The summed E-state index contributed by atoms with van der Waals surface area (Å²) in [5.41, 5.74) is 3.13. The van der Waals surface area contributed by atoms with E-state index in [1.807, 2.05) is 48.5 Å². The standard InChI is InChI=1S/C23H18N2O4/c24-14-17-6-10-20(11-7-17)25-22(26)15-29-23(27)16-28-21-12-8-19(9-13-21)18-4-2-1-3-5-18/h1-13H,15-16H2,(H,25,26). The SMILES string of the molecule is N#Cc1ccc(NC(=O)COC(=O)COc2ccc(-c3ccccc3)cc2)cc1. The first-order valence-corrected chi connectivity index (χ1v) is 8.88. The Morgan fingerprint density at radius 3 is 2.14 bits per heavy atom. The third kappa shape index (κ3) is 5.94. The molecule has 144 valence electrons. The number of hydrogen-bond donors (Lipinski definition) is 1. The molecule has 0 aliphatic heterocycles. The maximum atomic E-state index is 11.8. The third-order valence-corrected chi connectivity index (χ3v) is 3.98. The Hall–Kier alpha value is -4.11. The van der Waals surface area contributed by atoms with Crippen molar-refractivity contribution in [3.05, 3.63) is 84.4 Å². The molecule has 0 saturated heterocycles. The van der Waals surface area contributed by atoms with E-state index in [4.69, 9.17) is 14.7 Å². The maximum Gasteiger partial charge on any atom is 0.344 e. The fourth-order valence-electron chi connectivity index (χ4n) is 2.53. The van der Waals surface area contributed by atoms with Gasteiger partial charge in [-0.15, -0.1) is 0 Å². The summed E-state index contributed by atoms with van der Waals surface area (Å²) >= 11 is 0. The molecule has 0 saturated carbocycles. The average molecular weight is 386 g/mol. The first-order chi connectivity index (χ1) is 14.1. The van der Waals surface area contributed by atoms with E-state index in [1.165, 1.54) is 0 Å². The van der Waals surface area contributed by atoms with Crippen LogP contribution in [-0.2, 0) is 14.3 Å². The zero-order valence-corrected chi connectivity index (χ0v) is 15.5. The van der Waals surface area contributed by atoms with Crippen LogP contribution in [0.1, 0.15) is 5.56 Å². The molecule has 0 unspecified atom stereocenters. The van der Waals surface area contributed by atoms with Crippen LogP contribution in [-0.4, -0.2) is 25.1 Å². The van der Waals surface area contributed by atoms with Crippen molar-refractivity contribution in [2.75, 3.05) is 18.5 Å². The molecule has 6 nitrogen and oxygen atoms in total. The summed E-state index contributed by atoms with van der Waals surface area (Å²) in [6, 6.07) is 25.6. The predicted molar refractivity (Wildman–Crippen MR) is 108 cm³/mol. The minimum absolute atomic E-state index is 0.297. The Balaban J connectivity index is 1.41. The van der Waals surface area contributed by atoms with Gasteiger partial charge in [-0.25, -0.2) is 4.79 Å². The van der Waals surface area contributed by atoms with Crippen molar-refractivity contribution < 1.29 is 19.1 Å². The monoisotopic (exact) mass is 386 g/mol. The largest absolute Gasteiger partial charge is 0.482 e. The number of nitriles is 1. The Bertz CT molecular complexity index is 1010. The number of carbonyl (C=O) groups excluding carboxylic acids is 2. The number of ether oxygens (including phenoxy) is 2. The minimum atomic E-state index is -0.646. The number of hydrogen-bond acceptors (Lipinski definition) is 5. The van der Waals surface area contributed by atoms with Gasteiger partial charge < -0.3 is 14.8 Å². The van der Waals surface area contributed by atoms with Crippen molar-refractivity contribution in [1.29, 1.82) is 5.26 Å². The lowest BCUT2D eigenvalue weighted by molar-refractivity contribution is -0.149. The molecule has 0 fully saturated rings. The molecule has 0 atom stereocenters. The molecule has 1 N–H and O–H groups in total. The summed E-state index contributed by atoms with van der Waals surface area (Å²) in [7, 11) is 0. The van der Waals surface area contributed by atoms with E-state index in [-0.39, 0.29) is 6.61 Å². The lowest BCUT2D eigenvalue weighted by atomic mass is 10.1. The second kappa shape index (κ2) is 9.72. The lowest BCUT2D eigenvalue weighted by Gasteiger charge is -2.09. The Labute approximate surface area is 168 Å². The highest BCUT2D eigenvalue weighted by Gasteiger charge is 2.09. The first-order valence-electron chi connectivity index (χ1n) is 8.88. The zero-order chi connectivity index (χ0) is 20.5. The van der Waals surface area contributed by atoms with E-state index in [9.17, 15) is 9.59 Å². The molecule has 29 heavy (non-hydrogen) atoms. The maximum absolute atomic E-state index is 11.8. The second-order valence-corrected chi connectivity index (χ2v) is 6.08. The van der Waals surface area contributed by atoms with Crippen LogP contribution in [0.4, 0.5) is 5.69 Å². The van der Waals surface area contributed by atoms with Crippen molar-refractivity contribution in [2.24, 2.45) is 0 Å². The van der Waals surface area contributed by atoms with E-state index in [2.05, 4.69) is 5.32 Å². The van der Waals surface area contributed by atoms with Crippen molar-refractivity contribution in [3.8, 4) is 22.9 Å². The molecule has 1 amide bonds. The van der Waals surface area contributed by atoms with Crippen LogP contribution in [0.15, 0.2) is 78.9 Å². The number of nitrogens with zero attached hydrogens (tertiary/aromatic N) is 1. The summed E-state index contributed by atoms with van der Waals surface area (Å²) in [6.45, 7) is -0.718. The molecule has 0 radical (unpaired) electrons. The first kappa shape index (κ1) is 19.6. The highest BCUT2D eigenvalue weighted by atomic mass is 16.6. The molecule has 3 rings (SSSR count). The van der Waals surface area contributed by atoms with E-state index in [0.717, 1.165) is 11.1 Å². The number of esters is 1. The number of amides is 1. The summed E-state index contributed by atoms with van der Waals surface area (Å²) in [5.74, 6) is -0.592. The summed E-state index contributed by atoms with van der Waals surface area (Å²) in [4.78, 5) is 23.6. The fraction of sp³-hybridized carbons (Fsp3) is 0.0870. The molecular weight excluding hydrogens is 368 g/mol. The summed E-state index contributed by atoms with van der Waals surface area (Å²) < 4.78 is 10.3. The summed E-state index contributed by atoms with van der Waals surface area (Å²) in [6.07, 6.45) is 0. The van der Waals surface area contributed by atoms with Crippen LogP contribution in [0.3, 0.4) is 0 Å². The van der Waals surface area contributed by atoms with Gasteiger partial charge in [0.25, 0.3) is 5.91 Å². The van der Waals surface area contributed by atoms with E-state index >= 15 is 0 Å². The van der Waals surface area contributed by atoms with E-state index < -0.39 is 18.5 Å². The van der Waals surface area contributed by atoms with Gasteiger partial charge in [0.05, 0.1) is 11.6 Å². The lowest BCUT2D eigenvalue weighted by Crippen LogP contribution is -2.23. The molecule has 0 heterocycles. The molecule has 0 aliphatic rings. The Kier molecular flexibility index (Phi) is 6.58. The highest BCUT2D eigenvalue weighted by molar-refractivity contribution is 5.92. The summed E-state index contributed by atoms with van der Waals surface area (Å²) in [5, 5.41) is 11.3. The number of rotatable bonds is 7. The molecular formula is C23H18N2O4. The molecule has 6 heteroatoms.